The quantitative estimate of drug-likeness (QED) is 0.480. The van der Waals surface area contributed by atoms with Gasteiger partial charge in [0.15, 0.2) is 6.61 Å². The number of likely N-dealkylation sites (N-methyl/N-ethyl adjacent to an activating group) is 2. The van der Waals surface area contributed by atoms with Crippen molar-refractivity contribution in [2.75, 3.05) is 40.5 Å². The van der Waals surface area contributed by atoms with E-state index in [1.807, 2.05) is 30.3 Å². The van der Waals surface area contributed by atoms with E-state index in [1.165, 1.54) is 19.0 Å². The SMILES string of the molecule is CNC(=O)CN(C)C(=O)COC(=O)c1ccccc1OCCOc1ccccc1. The third-order valence-corrected chi connectivity index (χ3v) is 3.87. The molecule has 0 saturated heterocycles. The molecule has 0 bridgehead atoms. The minimum absolute atomic E-state index is 0.117. The van der Waals surface area contributed by atoms with Gasteiger partial charge in [0.25, 0.3) is 5.91 Å². The second-order valence-electron chi connectivity index (χ2n) is 6.01. The molecule has 0 aromatic heterocycles. The first-order valence-electron chi connectivity index (χ1n) is 9.02. The van der Waals surface area contributed by atoms with Crippen LogP contribution < -0.4 is 14.8 Å². The van der Waals surface area contributed by atoms with Gasteiger partial charge in [-0.25, -0.2) is 4.79 Å². The van der Waals surface area contributed by atoms with E-state index in [0.29, 0.717) is 12.4 Å². The van der Waals surface area contributed by atoms with Crippen LogP contribution in [0.15, 0.2) is 54.6 Å². The van der Waals surface area contributed by atoms with Crippen LogP contribution in [0.1, 0.15) is 10.4 Å². The van der Waals surface area contributed by atoms with Gasteiger partial charge in [0, 0.05) is 14.1 Å². The highest BCUT2D eigenvalue weighted by Crippen LogP contribution is 2.19. The molecule has 0 atom stereocenters. The van der Waals surface area contributed by atoms with Crippen molar-refractivity contribution in [1.82, 2.24) is 10.2 Å². The smallest absolute Gasteiger partial charge is 0.342 e. The summed E-state index contributed by atoms with van der Waals surface area (Å²) in [5.74, 6) is -0.435. The maximum absolute atomic E-state index is 12.3. The molecule has 2 rings (SSSR count). The number of carbonyl (C=O) groups excluding carboxylic acids is 3. The first kappa shape index (κ1) is 21.7. The number of esters is 1. The largest absolute Gasteiger partial charge is 0.490 e. The molecule has 8 heteroatoms. The van der Waals surface area contributed by atoms with E-state index in [0.717, 1.165) is 5.75 Å². The van der Waals surface area contributed by atoms with Crippen LogP contribution in [0.5, 0.6) is 11.5 Å². The van der Waals surface area contributed by atoms with Crippen molar-refractivity contribution in [2.24, 2.45) is 0 Å². The zero-order valence-corrected chi connectivity index (χ0v) is 16.4. The van der Waals surface area contributed by atoms with Crippen molar-refractivity contribution >= 4 is 17.8 Å². The number of amides is 2. The maximum Gasteiger partial charge on any atom is 0.342 e. The van der Waals surface area contributed by atoms with Crippen LogP contribution in [0, 0.1) is 0 Å². The zero-order chi connectivity index (χ0) is 21.1. The molecule has 0 aliphatic heterocycles. The summed E-state index contributed by atoms with van der Waals surface area (Å²) >= 11 is 0. The van der Waals surface area contributed by atoms with Crippen LogP contribution in [0.2, 0.25) is 0 Å². The van der Waals surface area contributed by atoms with Gasteiger partial charge in [0.2, 0.25) is 5.91 Å². The average molecular weight is 400 g/mol. The Hall–Kier alpha value is -3.55. The van der Waals surface area contributed by atoms with Gasteiger partial charge in [-0.2, -0.15) is 0 Å². The lowest BCUT2D eigenvalue weighted by molar-refractivity contribution is -0.137. The molecule has 2 amide bonds. The van der Waals surface area contributed by atoms with E-state index in [1.54, 1.807) is 24.3 Å². The minimum atomic E-state index is -0.689. The van der Waals surface area contributed by atoms with Crippen LogP contribution >= 0.6 is 0 Å². The molecule has 0 saturated carbocycles. The van der Waals surface area contributed by atoms with Gasteiger partial charge in [-0.05, 0) is 24.3 Å². The predicted molar refractivity (Wildman–Crippen MR) is 106 cm³/mol. The molecule has 1 N–H and O–H groups in total. The molecule has 2 aromatic carbocycles. The number of hydrogen-bond donors (Lipinski definition) is 1. The lowest BCUT2D eigenvalue weighted by atomic mass is 10.2. The molecule has 0 unspecified atom stereocenters. The Bertz CT molecular complexity index is 825. The first-order chi connectivity index (χ1) is 14.0. The zero-order valence-electron chi connectivity index (χ0n) is 16.4. The van der Waals surface area contributed by atoms with Crippen LogP contribution in [-0.4, -0.2) is 63.1 Å². The standard InChI is InChI=1S/C21H24N2O6/c1-22-19(24)14-23(2)20(25)15-29-21(26)17-10-6-7-11-18(17)28-13-12-27-16-8-4-3-5-9-16/h3-11H,12-15H2,1-2H3,(H,22,24). The Morgan fingerprint density at radius 1 is 0.931 bits per heavy atom. The summed E-state index contributed by atoms with van der Waals surface area (Å²) in [5.41, 5.74) is 0.203. The fourth-order valence-electron chi connectivity index (χ4n) is 2.29. The van der Waals surface area contributed by atoms with E-state index in [2.05, 4.69) is 5.32 Å². The summed E-state index contributed by atoms with van der Waals surface area (Å²) in [6.07, 6.45) is 0. The van der Waals surface area contributed by atoms with Gasteiger partial charge >= 0.3 is 5.97 Å². The van der Waals surface area contributed by atoms with E-state index in [9.17, 15) is 14.4 Å². The van der Waals surface area contributed by atoms with E-state index < -0.39 is 18.5 Å². The number of rotatable bonds is 10. The van der Waals surface area contributed by atoms with Gasteiger partial charge in [0.05, 0.1) is 6.54 Å². The van der Waals surface area contributed by atoms with Crippen LogP contribution in [-0.2, 0) is 14.3 Å². The second kappa shape index (κ2) is 11.3. The molecular formula is C21H24N2O6. The molecule has 0 radical (unpaired) electrons. The van der Waals surface area contributed by atoms with E-state index >= 15 is 0 Å². The minimum Gasteiger partial charge on any atom is -0.490 e. The van der Waals surface area contributed by atoms with Crippen molar-refractivity contribution in [3.8, 4) is 11.5 Å². The second-order valence-corrected chi connectivity index (χ2v) is 6.01. The van der Waals surface area contributed by atoms with Crippen molar-refractivity contribution in [3.63, 3.8) is 0 Å². The van der Waals surface area contributed by atoms with Crippen LogP contribution in [0.4, 0.5) is 0 Å². The normalized spacial score (nSPS) is 10.0. The number of hydrogen-bond acceptors (Lipinski definition) is 6. The highest BCUT2D eigenvalue weighted by Gasteiger charge is 2.18. The summed E-state index contributed by atoms with van der Waals surface area (Å²) in [5, 5.41) is 2.42. The van der Waals surface area contributed by atoms with Gasteiger partial charge in [-0.3, -0.25) is 9.59 Å². The summed E-state index contributed by atoms with van der Waals surface area (Å²) in [4.78, 5) is 36.8. The van der Waals surface area contributed by atoms with Crippen molar-refractivity contribution in [1.29, 1.82) is 0 Å². The average Bonchev–Trinajstić information content (AvgIpc) is 2.75. The van der Waals surface area contributed by atoms with E-state index in [4.69, 9.17) is 14.2 Å². The number of para-hydroxylation sites is 2. The van der Waals surface area contributed by atoms with Gasteiger partial charge in [-0.1, -0.05) is 30.3 Å². The topological polar surface area (TPSA) is 94.2 Å². The van der Waals surface area contributed by atoms with Crippen molar-refractivity contribution < 1.29 is 28.6 Å². The Balaban J connectivity index is 1.84. The fourth-order valence-corrected chi connectivity index (χ4v) is 2.29. The van der Waals surface area contributed by atoms with Crippen LogP contribution in [0.3, 0.4) is 0 Å². The van der Waals surface area contributed by atoms with Crippen molar-refractivity contribution in [3.05, 3.63) is 60.2 Å². The number of ether oxygens (including phenoxy) is 3. The lowest BCUT2D eigenvalue weighted by Gasteiger charge is -2.16. The summed E-state index contributed by atoms with van der Waals surface area (Å²) in [6.45, 7) is -0.0606. The Morgan fingerprint density at radius 2 is 1.59 bits per heavy atom. The number of benzene rings is 2. The molecule has 0 fully saturated rings. The van der Waals surface area contributed by atoms with Gasteiger partial charge in [0.1, 0.15) is 30.3 Å². The molecule has 0 aliphatic carbocycles. The molecule has 2 aromatic rings. The highest BCUT2D eigenvalue weighted by molar-refractivity contribution is 5.94. The third kappa shape index (κ3) is 7.17. The summed E-state index contributed by atoms with van der Waals surface area (Å²) in [7, 11) is 2.93. The lowest BCUT2D eigenvalue weighted by Crippen LogP contribution is -2.39. The molecule has 0 spiro atoms. The first-order valence-corrected chi connectivity index (χ1v) is 9.02. The summed E-state index contributed by atoms with van der Waals surface area (Å²) < 4.78 is 16.2. The molecule has 154 valence electrons. The van der Waals surface area contributed by atoms with Crippen molar-refractivity contribution in [2.45, 2.75) is 0 Å². The Morgan fingerprint density at radius 3 is 2.31 bits per heavy atom. The molecule has 29 heavy (non-hydrogen) atoms. The van der Waals surface area contributed by atoms with E-state index in [-0.39, 0.29) is 24.6 Å². The number of carbonyl (C=O) groups is 3. The molecule has 8 nitrogen and oxygen atoms in total. The fraction of sp³-hybridized carbons (Fsp3) is 0.286. The molecular weight excluding hydrogens is 376 g/mol. The molecule has 0 aliphatic rings. The predicted octanol–water partition coefficient (Wildman–Crippen LogP) is 1.51. The van der Waals surface area contributed by atoms with Gasteiger partial charge < -0.3 is 24.4 Å². The third-order valence-electron chi connectivity index (χ3n) is 3.87. The maximum atomic E-state index is 12.3. The monoisotopic (exact) mass is 400 g/mol. The molecule has 0 heterocycles. The Kier molecular flexibility index (Phi) is 8.50. The van der Waals surface area contributed by atoms with Crippen LogP contribution in [0.25, 0.3) is 0 Å². The van der Waals surface area contributed by atoms with Gasteiger partial charge in [-0.15, -0.1) is 0 Å². The number of nitrogens with zero attached hydrogens (tertiary/aromatic N) is 1. The number of nitrogens with one attached hydrogen (secondary N) is 1. The Labute approximate surface area is 169 Å². The highest BCUT2D eigenvalue weighted by atomic mass is 16.5. The summed E-state index contributed by atoms with van der Waals surface area (Å²) in [6, 6.07) is 15.9.